The molecule has 0 spiro atoms. The zero-order chi connectivity index (χ0) is 11.1. The van der Waals surface area contributed by atoms with Gasteiger partial charge in [0.2, 0.25) is 0 Å². The summed E-state index contributed by atoms with van der Waals surface area (Å²) in [5, 5.41) is 0. The van der Waals surface area contributed by atoms with E-state index >= 15 is 0 Å². The Kier molecular flexibility index (Phi) is 6.69. The second-order valence-electron chi connectivity index (χ2n) is 4.28. The molecule has 1 aliphatic rings. The third kappa shape index (κ3) is 5.23. The molecule has 1 fully saturated rings. The smallest absolute Gasteiger partial charge is 0.136 e. The van der Waals surface area contributed by atoms with E-state index in [9.17, 15) is 0 Å². The summed E-state index contributed by atoms with van der Waals surface area (Å²) in [6.07, 6.45) is 6.66. The standard InChI is InChI=1S/C12H23O2S/c1-3-10-5-7-11(8-6-10)14-12(15)9-13-4-2/h10-12H,3-9H2,1-2H3. The van der Waals surface area contributed by atoms with Crippen molar-refractivity contribution in [3.63, 3.8) is 0 Å². The third-order valence-corrected chi connectivity index (χ3v) is 3.42. The highest BCUT2D eigenvalue weighted by atomic mass is 32.1. The summed E-state index contributed by atoms with van der Waals surface area (Å²) in [6, 6.07) is 0. The molecule has 0 aromatic carbocycles. The molecule has 89 valence electrons. The van der Waals surface area contributed by atoms with Gasteiger partial charge >= 0.3 is 0 Å². The van der Waals surface area contributed by atoms with Gasteiger partial charge < -0.3 is 9.47 Å². The zero-order valence-corrected chi connectivity index (χ0v) is 10.7. The van der Waals surface area contributed by atoms with Crippen molar-refractivity contribution in [3.05, 3.63) is 0 Å². The summed E-state index contributed by atoms with van der Waals surface area (Å²) in [4.78, 5) is 0. The summed E-state index contributed by atoms with van der Waals surface area (Å²) in [5.41, 5.74) is -0.159. The first kappa shape index (κ1) is 13.3. The SMILES string of the molecule is CCOCC([S])OC1CCC(CC)CC1. The van der Waals surface area contributed by atoms with Gasteiger partial charge in [0.15, 0.2) is 0 Å². The predicted octanol–water partition coefficient (Wildman–Crippen LogP) is 3.53. The topological polar surface area (TPSA) is 18.5 Å². The van der Waals surface area contributed by atoms with E-state index in [1.165, 1.54) is 32.1 Å². The Labute approximate surface area is 99.1 Å². The molecule has 0 saturated heterocycles. The second-order valence-corrected chi connectivity index (χ2v) is 4.80. The van der Waals surface area contributed by atoms with Gasteiger partial charge in [-0.05, 0) is 38.5 Å². The van der Waals surface area contributed by atoms with Crippen LogP contribution in [0.5, 0.6) is 0 Å². The highest BCUT2D eigenvalue weighted by Crippen LogP contribution is 2.29. The van der Waals surface area contributed by atoms with Gasteiger partial charge in [0, 0.05) is 6.61 Å². The van der Waals surface area contributed by atoms with E-state index in [-0.39, 0.29) is 5.44 Å². The van der Waals surface area contributed by atoms with Crippen LogP contribution in [0.2, 0.25) is 0 Å². The Hall–Kier alpha value is 0.270. The van der Waals surface area contributed by atoms with Gasteiger partial charge in [-0.25, -0.2) is 0 Å². The lowest BCUT2D eigenvalue weighted by Gasteiger charge is -2.29. The molecule has 1 unspecified atom stereocenters. The minimum Gasteiger partial charge on any atom is -0.378 e. The van der Waals surface area contributed by atoms with E-state index in [1.807, 2.05) is 6.92 Å². The molecule has 0 bridgehead atoms. The van der Waals surface area contributed by atoms with Crippen molar-refractivity contribution in [2.24, 2.45) is 5.92 Å². The van der Waals surface area contributed by atoms with Gasteiger partial charge in [0.1, 0.15) is 5.44 Å². The largest absolute Gasteiger partial charge is 0.378 e. The molecule has 0 amide bonds. The van der Waals surface area contributed by atoms with Gasteiger partial charge in [-0.2, -0.15) is 0 Å². The van der Waals surface area contributed by atoms with Crippen LogP contribution in [-0.2, 0) is 9.47 Å². The zero-order valence-electron chi connectivity index (χ0n) is 9.91. The minimum atomic E-state index is -0.159. The Bertz CT molecular complexity index is 156. The van der Waals surface area contributed by atoms with Crippen LogP contribution in [0.3, 0.4) is 0 Å². The molecule has 1 saturated carbocycles. The van der Waals surface area contributed by atoms with Crippen molar-refractivity contribution in [2.75, 3.05) is 13.2 Å². The van der Waals surface area contributed by atoms with Crippen molar-refractivity contribution < 1.29 is 9.47 Å². The lowest BCUT2D eigenvalue weighted by molar-refractivity contribution is -0.0308. The molecular weight excluding hydrogens is 208 g/mol. The first-order valence-corrected chi connectivity index (χ1v) is 6.62. The van der Waals surface area contributed by atoms with Crippen LogP contribution in [0.15, 0.2) is 0 Å². The van der Waals surface area contributed by atoms with Crippen LogP contribution in [-0.4, -0.2) is 24.8 Å². The maximum atomic E-state index is 5.78. The first-order chi connectivity index (χ1) is 7.26. The molecule has 15 heavy (non-hydrogen) atoms. The fraction of sp³-hybridized carbons (Fsp3) is 1.00. The highest BCUT2D eigenvalue weighted by Gasteiger charge is 2.22. The Morgan fingerprint density at radius 3 is 2.40 bits per heavy atom. The number of hydrogen-bond acceptors (Lipinski definition) is 2. The van der Waals surface area contributed by atoms with Gasteiger partial charge in [0.25, 0.3) is 0 Å². The summed E-state index contributed by atoms with van der Waals surface area (Å²) in [7, 11) is 0. The summed E-state index contributed by atoms with van der Waals surface area (Å²) >= 11 is 5.19. The lowest BCUT2D eigenvalue weighted by Crippen LogP contribution is -2.26. The maximum Gasteiger partial charge on any atom is 0.136 e. The Morgan fingerprint density at radius 2 is 1.87 bits per heavy atom. The average molecular weight is 231 g/mol. The molecule has 3 heteroatoms. The molecule has 0 aromatic heterocycles. The molecule has 0 heterocycles. The van der Waals surface area contributed by atoms with Crippen molar-refractivity contribution in [1.29, 1.82) is 0 Å². The second kappa shape index (κ2) is 7.53. The summed E-state index contributed by atoms with van der Waals surface area (Å²) in [5.74, 6) is 0.917. The first-order valence-electron chi connectivity index (χ1n) is 6.15. The van der Waals surface area contributed by atoms with Crippen LogP contribution in [0.4, 0.5) is 0 Å². The van der Waals surface area contributed by atoms with E-state index in [1.54, 1.807) is 0 Å². The highest BCUT2D eigenvalue weighted by molar-refractivity contribution is 7.80. The van der Waals surface area contributed by atoms with Crippen LogP contribution >= 0.6 is 12.6 Å². The predicted molar refractivity (Wildman–Crippen MR) is 65.0 cm³/mol. The third-order valence-electron chi connectivity index (χ3n) is 3.17. The molecule has 1 atom stereocenters. The fourth-order valence-electron chi connectivity index (χ4n) is 2.14. The molecule has 1 radical (unpaired) electrons. The van der Waals surface area contributed by atoms with Crippen LogP contribution in [0.1, 0.15) is 46.0 Å². The normalized spacial score (nSPS) is 29.0. The van der Waals surface area contributed by atoms with E-state index in [4.69, 9.17) is 22.1 Å². The maximum absolute atomic E-state index is 5.78. The van der Waals surface area contributed by atoms with Crippen LogP contribution in [0, 0.1) is 5.92 Å². The summed E-state index contributed by atoms with van der Waals surface area (Å²) < 4.78 is 11.0. The summed E-state index contributed by atoms with van der Waals surface area (Å²) in [6.45, 7) is 5.53. The molecule has 0 aromatic rings. The lowest BCUT2D eigenvalue weighted by atomic mass is 9.86. The Morgan fingerprint density at radius 1 is 1.20 bits per heavy atom. The van der Waals surface area contributed by atoms with Gasteiger partial charge in [-0.3, -0.25) is 0 Å². The van der Waals surface area contributed by atoms with Gasteiger partial charge in [-0.15, -0.1) is 0 Å². The fourth-order valence-corrected chi connectivity index (χ4v) is 2.40. The molecule has 1 aliphatic carbocycles. The van der Waals surface area contributed by atoms with Gasteiger partial charge in [0.05, 0.1) is 12.7 Å². The Balaban J connectivity index is 2.12. The van der Waals surface area contributed by atoms with Crippen LogP contribution in [0.25, 0.3) is 0 Å². The molecular formula is C12H23O2S. The van der Waals surface area contributed by atoms with Crippen molar-refractivity contribution in [1.82, 2.24) is 0 Å². The van der Waals surface area contributed by atoms with E-state index in [0.29, 0.717) is 12.7 Å². The molecule has 1 rings (SSSR count). The monoisotopic (exact) mass is 231 g/mol. The van der Waals surface area contributed by atoms with E-state index < -0.39 is 0 Å². The quantitative estimate of drug-likeness (QED) is 0.696. The van der Waals surface area contributed by atoms with Crippen LogP contribution < -0.4 is 0 Å². The minimum absolute atomic E-state index is 0.159. The molecule has 0 N–H and O–H groups in total. The van der Waals surface area contributed by atoms with Gasteiger partial charge in [-0.1, -0.05) is 26.0 Å². The number of ether oxygens (including phenoxy) is 2. The number of rotatable bonds is 6. The molecule has 0 aliphatic heterocycles. The van der Waals surface area contributed by atoms with E-state index in [0.717, 1.165) is 12.5 Å². The molecule has 2 nitrogen and oxygen atoms in total. The van der Waals surface area contributed by atoms with Crippen molar-refractivity contribution >= 4 is 12.6 Å². The average Bonchev–Trinajstić information content (AvgIpc) is 2.27. The van der Waals surface area contributed by atoms with E-state index in [2.05, 4.69) is 6.92 Å². The van der Waals surface area contributed by atoms with Crippen molar-refractivity contribution in [2.45, 2.75) is 57.5 Å². The van der Waals surface area contributed by atoms with Crippen molar-refractivity contribution in [3.8, 4) is 0 Å². The number of hydrogen-bond donors (Lipinski definition) is 0.